The van der Waals surface area contributed by atoms with E-state index in [1.54, 1.807) is 31.4 Å². The van der Waals surface area contributed by atoms with E-state index in [0.29, 0.717) is 29.4 Å². The Hall–Kier alpha value is -2.81. The summed E-state index contributed by atoms with van der Waals surface area (Å²) in [6.45, 7) is 3.47. The predicted octanol–water partition coefficient (Wildman–Crippen LogP) is 3.44. The average Bonchev–Trinajstić information content (AvgIpc) is 3.27. The number of ether oxygens (including phenoxy) is 2. The maximum absolute atomic E-state index is 13.0. The van der Waals surface area contributed by atoms with Crippen LogP contribution in [0.15, 0.2) is 48.5 Å². The van der Waals surface area contributed by atoms with E-state index in [9.17, 15) is 9.59 Å². The fraction of sp³-hybridized carbons (Fsp3) is 0.391. The number of nitrogens with one attached hydrogen (secondary N) is 2. The van der Waals surface area contributed by atoms with Gasteiger partial charge in [0.1, 0.15) is 6.04 Å². The normalized spacial score (nSPS) is 20.8. The zero-order valence-corrected chi connectivity index (χ0v) is 18.7. The number of nitrogens with zero attached hydrogens (tertiary/aromatic N) is 2. The standard InChI is InChI=1S/C23H27ClN4O4/c1-31-20-14-21(28(15-20)23(30)26-18-4-2-16(24)3-5-18)22(29)25-17-6-8-19(9-7-17)27-10-12-32-13-11-27/h2-9,20-21H,10-15H2,1H3,(H,25,29)(H,26,30)/t20-,21-/m1/s1. The first-order valence-corrected chi connectivity index (χ1v) is 11.0. The molecular weight excluding hydrogens is 432 g/mol. The number of hydrogen-bond acceptors (Lipinski definition) is 5. The molecule has 0 spiro atoms. The molecule has 0 saturated carbocycles. The summed E-state index contributed by atoms with van der Waals surface area (Å²) >= 11 is 5.91. The summed E-state index contributed by atoms with van der Waals surface area (Å²) < 4.78 is 10.8. The molecule has 2 saturated heterocycles. The highest BCUT2D eigenvalue weighted by molar-refractivity contribution is 6.30. The van der Waals surface area contributed by atoms with Crippen LogP contribution in [0.3, 0.4) is 0 Å². The third kappa shape index (κ3) is 5.32. The monoisotopic (exact) mass is 458 g/mol. The van der Waals surface area contributed by atoms with Crippen molar-refractivity contribution in [3.63, 3.8) is 0 Å². The van der Waals surface area contributed by atoms with E-state index in [1.807, 2.05) is 24.3 Å². The number of morpholine rings is 1. The Labute approximate surface area is 192 Å². The number of rotatable bonds is 5. The number of likely N-dealkylation sites (tertiary alicyclic amines) is 1. The molecular formula is C23H27ClN4O4. The molecule has 2 atom stereocenters. The first kappa shape index (κ1) is 22.4. The van der Waals surface area contributed by atoms with Gasteiger partial charge in [0.2, 0.25) is 5.91 Å². The van der Waals surface area contributed by atoms with Gasteiger partial charge in [-0.15, -0.1) is 0 Å². The van der Waals surface area contributed by atoms with Crippen LogP contribution in [0.1, 0.15) is 6.42 Å². The van der Waals surface area contributed by atoms with Crippen molar-refractivity contribution in [2.45, 2.75) is 18.6 Å². The Kier molecular flexibility index (Phi) is 7.14. The Balaban J connectivity index is 1.41. The van der Waals surface area contributed by atoms with Crippen LogP contribution in [0, 0.1) is 0 Å². The molecule has 2 heterocycles. The number of halogens is 1. The highest BCUT2D eigenvalue weighted by Gasteiger charge is 2.40. The van der Waals surface area contributed by atoms with Crippen molar-refractivity contribution in [2.75, 3.05) is 55.5 Å². The van der Waals surface area contributed by atoms with Gasteiger partial charge in [0.15, 0.2) is 0 Å². The van der Waals surface area contributed by atoms with E-state index in [4.69, 9.17) is 21.1 Å². The first-order chi connectivity index (χ1) is 15.5. The zero-order chi connectivity index (χ0) is 22.5. The van der Waals surface area contributed by atoms with Crippen LogP contribution in [0.5, 0.6) is 0 Å². The molecule has 3 amide bonds. The van der Waals surface area contributed by atoms with Gasteiger partial charge in [0.05, 0.1) is 19.3 Å². The van der Waals surface area contributed by atoms with Crippen molar-refractivity contribution < 1.29 is 19.1 Å². The third-order valence-electron chi connectivity index (χ3n) is 5.77. The smallest absolute Gasteiger partial charge is 0.322 e. The number of methoxy groups -OCH3 is 1. The summed E-state index contributed by atoms with van der Waals surface area (Å²) in [5, 5.41) is 6.35. The van der Waals surface area contributed by atoms with Gasteiger partial charge < -0.3 is 29.9 Å². The second-order valence-corrected chi connectivity index (χ2v) is 8.27. The number of carbonyl (C=O) groups excluding carboxylic acids is 2. The Morgan fingerprint density at radius 2 is 1.62 bits per heavy atom. The van der Waals surface area contributed by atoms with Crippen LogP contribution in [0.2, 0.25) is 5.02 Å². The molecule has 170 valence electrons. The van der Waals surface area contributed by atoms with Crippen molar-refractivity contribution in [1.29, 1.82) is 0 Å². The number of anilines is 3. The maximum Gasteiger partial charge on any atom is 0.322 e. The third-order valence-corrected chi connectivity index (χ3v) is 6.02. The molecule has 2 aliphatic rings. The predicted molar refractivity (Wildman–Crippen MR) is 124 cm³/mol. The second kappa shape index (κ2) is 10.2. The van der Waals surface area contributed by atoms with Crippen molar-refractivity contribution in [3.8, 4) is 0 Å². The zero-order valence-electron chi connectivity index (χ0n) is 17.9. The lowest BCUT2D eigenvalue weighted by Crippen LogP contribution is -2.45. The molecule has 8 nitrogen and oxygen atoms in total. The molecule has 9 heteroatoms. The largest absolute Gasteiger partial charge is 0.380 e. The minimum atomic E-state index is -0.633. The van der Waals surface area contributed by atoms with E-state index in [0.717, 1.165) is 32.0 Å². The van der Waals surface area contributed by atoms with E-state index in [1.165, 1.54) is 4.90 Å². The van der Waals surface area contributed by atoms with Gasteiger partial charge in [-0.3, -0.25) is 4.79 Å². The van der Waals surface area contributed by atoms with Gasteiger partial charge in [-0.1, -0.05) is 11.6 Å². The molecule has 0 aromatic heterocycles. The number of amides is 3. The molecule has 0 bridgehead atoms. The Morgan fingerprint density at radius 1 is 1.00 bits per heavy atom. The lowest BCUT2D eigenvalue weighted by Gasteiger charge is -2.29. The second-order valence-electron chi connectivity index (χ2n) is 7.83. The van der Waals surface area contributed by atoms with Gasteiger partial charge in [0, 0.05) is 55.2 Å². The quantitative estimate of drug-likeness (QED) is 0.717. The average molecular weight is 459 g/mol. The lowest BCUT2D eigenvalue weighted by atomic mass is 10.1. The molecule has 2 aromatic rings. The first-order valence-electron chi connectivity index (χ1n) is 10.6. The van der Waals surface area contributed by atoms with Crippen LogP contribution in [0.4, 0.5) is 21.9 Å². The van der Waals surface area contributed by atoms with Gasteiger partial charge in [-0.25, -0.2) is 4.79 Å². The summed E-state index contributed by atoms with van der Waals surface area (Å²) in [6, 6.07) is 13.6. The molecule has 0 unspecified atom stereocenters. The Bertz CT molecular complexity index is 932. The van der Waals surface area contributed by atoms with Crippen molar-refractivity contribution >= 4 is 40.6 Å². The van der Waals surface area contributed by atoms with Gasteiger partial charge in [0.25, 0.3) is 0 Å². The summed E-state index contributed by atoms with van der Waals surface area (Å²) in [4.78, 5) is 29.7. The molecule has 0 radical (unpaired) electrons. The molecule has 4 rings (SSSR count). The van der Waals surface area contributed by atoms with Crippen LogP contribution < -0.4 is 15.5 Å². The van der Waals surface area contributed by atoms with E-state index >= 15 is 0 Å². The highest BCUT2D eigenvalue weighted by Crippen LogP contribution is 2.24. The summed E-state index contributed by atoms with van der Waals surface area (Å²) in [5.41, 5.74) is 2.39. The van der Waals surface area contributed by atoms with Crippen LogP contribution in [-0.2, 0) is 14.3 Å². The van der Waals surface area contributed by atoms with E-state index in [-0.39, 0.29) is 18.0 Å². The minimum Gasteiger partial charge on any atom is -0.380 e. The number of carbonyl (C=O) groups is 2. The van der Waals surface area contributed by atoms with Gasteiger partial charge in [-0.05, 0) is 48.5 Å². The summed E-state index contributed by atoms with van der Waals surface area (Å²) in [7, 11) is 1.59. The number of urea groups is 1. The summed E-state index contributed by atoms with van der Waals surface area (Å²) in [5.74, 6) is -0.241. The van der Waals surface area contributed by atoms with Crippen LogP contribution in [-0.4, -0.2) is 68.9 Å². The van der Waals surface area contributed by atoms with Crippen molar-refractivity contribution in [1.82, 2.24) is 4.90 Å². The van der Waals surface area contributed by atoms with Gasteiger partial charge >= 0.3 is 6.03 Å². The molecule has 2 aromatic carbocycles. The van der Waals surface area contributed by atoms with E-state index < -0.39 is 6.04 Å². The fourth-order valence-corrected chi connectivity index (χ4v) is 4.10. The van der Waals surface area contributed by atoms with Crippen LogP contribution in [0.25, 0.3) is 0 Å². The van der Waals surface area contributed by atoms with Crippen molar-refractivity contribution in [3.05, 3.63) is 53.6 Å². The topological polar surface area (TPSA) is 83.1 Å². The minimum absolute atomic E-state index is 0.203. The van der Waals surface area contributed by atoms with E-state index in [2.05, 4.69) is 15.5 Å². The maximum atomic E-state index is 13.0. The molecule has 2 N–H and O–H groups in total. The highest BCUT2D eigenvalue weighted by atomic mass is 35.5. The molecule has 2 fully saturated rings. The fourth-order valence-electron chi connectivity index (χ4n) is 3.97. The number of benzene rings is 2. The van der Waals surface area contributed by atoms with Crippen LogP contribution >= 0.6 is 11.6 Å². The SMILES string of the molecule is CO[C@@H]1C[C@H](C(=O)Nc2ccc(N3CCOCC3)cc2)N(C(=O)Nc2ccc(Cl)cc2)C1. The Morgan fingerprint density at radius 3 is 2.28 bits per heavy atom. The number of hydrogen-bond donors (Lipinski definition) is 2. The molecule has 32 heavy (non-hydrogen) atoms. The summed E-state index contributed by atoms with van der Waals surface area (Å²) in [6.07, 6.45) is 0.229. The molecule has 0 aliphatic carbocycles. The van der Waals surface area contributed by atoms with Gasteiger partial charge in [-0.2, -0.15) is 0 Å². The lowest BCUT2D eigenvalue weighted by molar-refractivity contribution is -0.119. The van der Waals surface area contributed by atoms with Crippen molar-refractivity contribution in [2.24, 2.45) is 0 Å². The molecule has 2 aliphatic heterocycles.